The van der Waals surface area contributed by atoms with Crippen molar-refractivity contribution in [3.63, 3.8) is 0 Å². The minimum atomic E-state index is 0. The van der Waals surface area contributed by atoms with Gasteiger partial charge in [-0.05, 0) is 36.8 Å². The van der Waals surface area contributed by atoms with Crippen molar-refractivity contribution in [3.05, 3.63) is 35.4 Å². The van der Waals surface area contributed by atoms with E-state index in [2.05, 4.69) is 24.3 Å². The van der Waals surface area contributed by atoms with Crippen LogP contribution in [0.1, 0.15) is 30.4 Å². The molecule has 2 unspecified atom stereocenters. The number of hydrogen-bond donors (Lipinski definition) is 1. The van der Waals surface area contributed by atoms with Crippen molar-refractivity contribution in [3.8, 4) is 0 Å². The number of carbonyl (C=O) groups excluding carboxylic acids is 1. The van der Waals surface area contributed by atoms with E-state index in [-0.39, 0.29) is 24.4 Å². The summed E-state index contributed by atoms with van der Waals surface area (Å²) >= 11 is 0. The minimum Gasteiger partial charge on any atom is -0.338 e. The first-order valence-corrected chi connectivity index (χ1v) is 6.85. The highest BCUT2D eigenvalue weighted by Gasteiger charge is 2.32. The van der Waals surface area contributed by atoms with E-state index in [1.807, 2.05) is 4.90 Å². The monoisotopic (exact) mass is 280 g/mol. The van der Waals surface area contributed by atoms with Crippen LogP contribution in [-0.4, -0.2) is 23.4 Å². The number of hydrogen-bond acceptors (Lipinski definition) is 2. The Bertz CT molecular complexity index is 463. The van der Waals surface area contributed by atoms with Crippen molar-refractivity contribution < 1.29 is 4.79 Å². The van der Waals surface area contributed by atoms with Crippen LogP contribution < -0.4 is 5.73 Å². The number of amides is 1. The number of rotatable bonds is 1. The van der Waals surface area contributed by atoms with Crippen LogP contribution >= 0.6 is 12.4 Å². The van der Waals surface area contributed by atoms with Crippen LogP contribution in [0.3, 0.4) is 0 Å². The average Bonchev–Trinajstić information content (AvgIpc) is 2.84. The van der Waals surface area contributed by atoms with Gasteiger partial charge < -0.3 is 10.6 Å². The second-order valence-electron chi connectivity index (χ2n) is 5.55. The van der Waals surface area contributed by atoms with Crippen LogP contribution in [-0.2, 0) is 17.8 Å². The lowest BCUT2D eigenvalue weighted by Gasteiger charge is -2.30. The van der Waals surface area contributed by atoms with Crippen LogP contribution in [0.25, 0.3) is 0 Å². The van der Waals surface area contributed by atoms with Crippen LogP contribution in [0.2, 0.25) is 0 Å². The summed E-state index contributed by atoms with van der Waals surface area (Å²) < 4.78 is 0. The summed E-state index contributed by atoms with van der Waals surface area (Å²) in [4.78, 5) is 14.4. The zero-order valence-corrected chi connectivity index (χ0v) is 11.9. The summed E-state index contributed by atoms with van der Waals surface area (Å²) in [6.07, 6.45) is 3.83. The molecule has 2 N–H and O–H groups in total. The van der Waals surface area contributed by atoms with Crippen molar-refractivity contribution in [2.45, 2.75) is 38.3 Å². The Balaban J connectivity index is 0.00000133. The van der Waals surface area contributed by atoms with E-state index in [1.54, 1.807) is 0 Å². The van der Waals surface area contributed by atoms with E-state index in [1.165, 1.54) is 11.1 Å². The van der Waals surface area contributed by atoms with E-state index in [0.717, 1.165) is 38.8 Å². The second kappa shape index (κ2) is 5.93. The molecular weight excluding hydrogens is 260 g/mol. The molecule has 1 saturated carbocycles. The molecule has 104 valence electrons. The standard InChI is InChI=1S/C15H20N2O.ClH/c16-14-6-5-12(9-14)15(18)17-8-7-11-3-1-2-4-13(11)10-17;/h1-4,12,14H,5-10,16H2;1H. The molecule has 1 heterocycles. The molecule has 1 aromatic carbocycles. The maximum absolute atomic E-state index is 12.4. The van der Waals surface area contributed by atoms with Crippen LogP contribution in [0, 0.1) is 5.92 Å². The van der Waals surface area contributed by atoms with Gasteiger partial charge in [-0.2, -0.15) is 0 Å². The van der Waals surface area contributed by atoms with Gasteiger partial charge in [0.2, 0.25) is 5.91 Å². The van der Waals surface area contributed by atoms with Crippen LogP contribution in [0.15, 0.2) is 24.3 Å². The topological polar surface area (TPSA) is 46.3 Å². The number of nitrogens with two attached hydrogens (primary N) is 1. The Hall–Kier alpha value is -1.06. The Morgan fingerprint density at radius 3 is 2.63 bits per heavy atom. The Labute approximate surface area is 120 Å². The Morgan fingerprint density at radius 1 is 1.21 bits per heavy atom. The molecule has 4 heteroatoms. The van der Waals surface area contributed by atoms with E-state index in [9.17, 15) is 4.79 Å². The van der Waals surface area contributed by atoms with Gasteiger partial charge in [0.1, 0.15) is 0 Å². The molecule has 3 nitrogen and oxygen atoms in total. The summed E-state index contributed by atoms with van der Waals surface area (Å²) in [5, 5.41) is 0. The van der Waals surface area contributed by atoms with Gasteiger partial charge in [0.05, 0.1) is 0 Å². The molecule has 2 atom stereocenters. The number of carbonyl (C=O) groups is 1. The molecule has 0 radical (unpaired) electrons. The molecular formula is C15H21ClN2O. The van der Waals surface area contributed by atoms with Crippen molar-refractivity contribution in [2.75, 3.05) is 6.54 Å². The van der Waals surface area contributed by atoms with E-state index >= 15 is 0 Å². The molecule has 0 saturated heterocycles. The van der Waals surface area contributed by atoms with Gasteiger partial charge in [-0.1, -0.05) is 24.3 Å². The highest BCUT2D eigenvalue weighted by molar-refractivity contribution is 5.85. The lowest BCUT2D eigenvalue weighted by atomic mass is 9.98. The molecule has 2 aliphatic rings. The normalized spacial score (nSPS) is 25.6. The molecule has 0 aromatic heterocycles. The van der Waals surface area contributed by atoms with Crippen molar-refractivity contribution in [1.82, 2.24) is 4.90 Å². The largest absolute Gasteiger partial charge is 0.338 e. The zero-order chi connectivity index (χ0) is 12.5. The molecule has 1 aliphatic carbocycles. The lowest BCUT2D eigenvalue weighted by Crippen LogP contribution is -2.39. The van der Waals surface area contributed by atoms with Gasteiger partial charge in [-0.15, -0.1) is 12.4 Å². The fraction of sp³-hybridized carbons (Fsp3) is 0.533. The SMILES string of the molecule is Cl.NC1CCC(C(=O)N2CCc3ccccc3C2)C1. The predicted molar refractivity (Wildman–Crippen MR) is 78.1 cm³/mol. The summed E-state index contributed by atoms with van der Waals surface area (Å²) in [5.74, 6) is 0.489. The third kappa shape index (κ3) is 2.93. The molecule has 1 aliphatic heterocycles. The number of nitrogens with zero attached hydrogens (tertiary/aromatic N) is 1. The van der Waals surface area contributed by atoms with Crippen molar-refractivity contribution in [2.24, 2.45) is 11.7 Å². The smallest absolute Gasteiger partial charge is 0.226 e. The first-order chi connectivity index (χ1) is 8.74. The average molecular weight is 281 g/mol. The van der Waals surface area contributed by atoms with Crippen LogP contribution in [0.5, 0.6) is 0 Å². The van der Waals surface area contributed by atoms with Gasteiger partial charge in [0, 0.05) is 25.0 Å². The minimum absolute atomic E-state index is 0. The molecule has 1 amide bonds. The summed E-state index contributed by atoms with van der Waals surface area (Å²) in [6, 6.07) is 8.67. The Morgan fingerprint density at radius 2 is 1.95 bits per heavy atom. The fourth-order valence-corrected chi connectivity index (χ4v) is 3.18. The quantitative estimate of drug-likeness (QED) is 0.856. The number of benzene rings is 1. The molecule has 0 spiro atoms. The van der Waals surface area contributed by atoms with Gasteiger partial charge in [-0.3, -0.25) is 4.79 Å². The van der Waals surface area contributed by atoms with Gasteiger partial charge in [-0.25, -0.2) is 0 Å². The van der Waals surface area contributed by atoms with E-state index in [0.29, 0.717) is 5.91 Å². The highest BCUT2D eigenvalue weighted by Crippen LogP contribution is 2.28. The number of halogens is 1. The second-order valence-corrected chi connectivity index (χ2v) is 5.55. The molecule has 1 aromatic rings. The summed E-state index contributed by atoms with van der Waals surface area (Å²) in [6.45, 7) is 1.64. The maximum Gasteiger partial charge on any atom is 0.226 e. The number of fused-ring (bicyclic) bond motifs is 1. The molecule has 19 heavy (non-hydrogen) atoms. The Kier molecular flexibility index (Phi) is 4.48. The molecule has 0 bridgehead atoms. The van der Waals surface area contributed by atoms with Gasteiger partial charge >= 0.3 is 0 Å². The van der Waals surface area contributed by atoms with Crippen molar-refractivity contribution in [1.29, 1.82) is 0 Å². The lowest BCUT2D eigenvalue weighted by molar-refractivity contribution is -0.136. The highest BCUT2D eigenvalue weighted by atomic mass is 35.5. The van der Waals surface area contributed by atoms with E-state index < -0.39 is 0 Å². The predicted octanol–water partition coefficient (Wildman–Crippen LogP) is 2.12. The maximum atomic E-state index is 12.4. The summed E-state index contributed by atoms with van der Waals surface area (Å²) in [7, 11) is 0. The first kappa shape index (κ1) is 14.4. The van der Waals surface area contributed by atoms with Gasteiger partial charge in [0.25, 0.3) is 0 Å². The fourth-order valence-electron chi connectivity index (χ4n) is 3.18. The third-order valence-electron chi connectivity index (χ3n) is 4.26. The molecule has 3 rings (SSSR count). The van der Waals surface area contributed by atoms with E-state index in [4.69, 9.17) is 5.73 Å². The van der Waals surface area contributed by atoms with Crippen molar-refractivity contribution >= 4 is 18.3 Å². The summed E-state index contributed by atoms with van der Waals surface area (Å²) in [5.41, 5.74) is 8.60. The third-order valence-corrected chi connectivity index (χ3v) is 4.26. The molecule has 1 fully saturated rings. The zero-order valence-electron chi connectivity index (χ0n) is 11.0. The van der Waals surface area contributed by atoms with Gasteiger partial charge in [0.15, 0.2) is 0 Å². The van der Waals surface area contributed by atoms with Crippen LogP contribution in [0.4, 0.5) is 0 Å². The first-order valence-electron chi connectivity index (χ1n) is 6.85.